The van der Waals surface area contributed by atoms with Crippen molar-refractivity contribution in [3.05, 3.63) is 34.9 Å². The van der Waals surface area contributed by atoms with Crippen LogP contribution >= 0.6 is 11.6 Å². The molecule has 1 aliphatic heterocycles. The Hall–Kier alpha value is -0.570. The molecule has 2 nitrogen and oxygen atoms in total. The van der Waals surface area contributed by atoms with Gasteiger partial charge in [-0.3, -0.25) is 0 Å². The van der Waals surface area contributed by atoms with Gasteiger partial charge in [-0.2, -0.15) is 0 Å². The molecule has 1 aromatic carbocycles. The van der Waals surface area contributed by atoms with Crippen LogP contribution in [-0.2, 0) is 5.60 Å². The van der Waals surface area contributed by atoms with E-state index >= 15 is 0 Å². The molecular formula is C12H16ClNO. The van der Waals surface area contributed by atoms with Crippen molar-refractivity contribution in [1.82, 2.24) is 4.90 Å². The fourth-order valence-electron chi connectivity index (χ4n) is 2.30. The van der Waals surface area contributed by atoms with Crippen LogP contribution in [-0.4, -0.2) is 30.1 Å². The van der Waals surface area contributed by atoms with E-state index in [0.29, 0.717) is 11.6 Å². The van der Waals surface area contributed by atoms with Gasteiger partial charge in [0.05, 0.1) is 0 Å². The minimum atomic E-state index is -0.772. The second-order valence-electron chi connectivity index (χ2n) is 4.35. The van der Waals surface area contributed by atoms with Crippen LogP contribution < -0.4 is 0 Å². The van der Waals surface area contributed by atoms with Gasteiger partial charge in [-0.1, -0.05) is 29.8 Å². The molecule has 1 heterocycles. The van der Waals surface area contributed by atoms with E-state index in [4.69, 9.17) is 11.6 Å². The van der Waals surface area contributed by atoms with Gasteiger partial charge in [-0.05, 0) is 32.5 Å². The van der Waals surface area contributed by atoms with Crippen molar-refractivity contribution in [2.24, 2.45) is 0 Å². The van der Waals surface area contributed by atoms with E-state index in [9.17, 15) is 5.11 Å². The molecule has 1 fully saturated rings. The third-order valence-electron chi connectivity index (χ3n) is 3.04. The number of likely N-dealkylation sites (tertiary alicyclic amines) is 1. The van der Waals surface area contributed by atoms with Crippen molar-refractivity contribution >= 4 is 11.6 Å². The van der Waals surface area contributed by atoms with Crippen LogP contribution in [0.15, 0.2) is 24.3 Å². The highest BCUT2D eigenvalue weighted by molar-refractivity contribution is 6.31. The highest BCUT2D eigenvalue weighted by atomic mass is 35.5. The molecule has 82 valence electrons. The van der Waals surface area contributed by atoms with E-state index in [2.05, 4.69) is 4.90 Å². The maximum absolute atomic E-state index is 10.6. The fraction of sp³-hybridized carbons (Fsp3) is 0.500. The normalized spacial score (nSPS) is 27.9. The van der Waals surface area contributed by atoms with Crippen LogP contribution in [0.2, 0.25) is 5.02 Å². The lowest BCUT2D eigenvalue weighted by atomic mass is 9.86. The number of halogens is 1. The van der Waals surface area contributed by atoms with Crippen LogP contribution in [0.25, 0.3) is 0 Å². The Labute approximate surface area is 95.5 Å². The molecule has 0 aromatic heterocycles. The number of likely N-dealkylation sites (N-methyl/N-ethyl adjacent to an activating group) is 1. The first kappa shape index (κ1) is 10.9. The molecule has 1 saturated heterocycles. The number of rotatable bonds is 1. The number of hydrogen-bond donors (Lipinski definition) is 1. The van der Waals surface area contributed by atoms with Crippen LogP contribution in [0.3, 0.4) is 0 Å². The van der Waals surface area contributed by atoms with Crippen molar-refractivity contribution in [2.75, 3.05) is 20.1 Å². The maximum Gasteiger partial charge on any atom is 0.104 e. The van der Waals surface area contributed by atoms with Crippen molar-refractivity contribution in [3.8, 4) is 0 Å². The average Bonchev–Trinajstić information content (AvgIpc) is 2.17. The first-order valence-corrected chi connectivity index (χ1v) is 5.65. The third kappa shape index (κ3) is 2.17. The van der Waals surface area contributed by atoms with Crippen molar-refractivity contribution < 1.29 is 5.11 Å². The van der Waals surface area contributed by atoms with E-state index in [1.165, 1.54) is 0 Å². The van der Waals surface area contributed by atoms with Gasteiger partial charge in [-0.25, -0.2) is 0 Å². The monoisotopic (exact) mass is 225 g/mol. The summed E-state index contributed by atoms with van der Waals surface area (Å²) in [7, 11) is 2.03. The van der Waals surface area contributed by atoms with Crippen molar-refractivity contribution in [1.29, 1.82) is 0 Å². The summed E-state index contributed by atoms with van der Waals surface area (Å²) in [4.78, 5) is 2.15. The standard InChI is InChI=1S/C12H16ClNO/c1-14-8-4-7-12(15,9-14)10-5-2-3-6-11(10)13/h2-3,5-6,15H,4,7-9H2,1H3. The Kier molecular flexibility index (Phi) is 3.01. The Morgan fingerprint density at radius 2 is 2.13 bits per heavy atom. The zero-order valence-corrected chi connectivity index (χ0v) is 9.67. The Balaban J connectivity index is 2.32. The number of benzene rings is 1. The van der Waals surface area contributed by atoms with Gasteiger partial charge in [0, 0.05) is 17.1 Å². The summed E-state index contributed by atoms with van der Waals surface area (Å²) in [6.07, 6.45) is 1.80. The van der Waals surface area contributed by atoms with Gasteiger partial charge in [0.2, 0.25) is 0 Å². The molecule has 1 aromatic rings. The molecular weight excluding hydrogens is 210 g/mol. The molecule has 0 amide bonds. The molecule has 2 rings (SSSR count). The molecule has 0 spiro atoms. The smallest absolute Gasteiger partial charge is 0.104 e. The summed E-state index contributed by atoms with van der Waals surface area (Å²) in [5, 5.41) is 11.2. The van der Waals surface area contributed by atoms with E-state index in [0.717, 1.165) is 24.9 Å². The van der Waals surface area contributed by atoms with Crippen molar-refractivity contribution in [2.45, 2.75) is 18.4 Å². The predicted octanol–water partition coefficient (Wildman–Crippen LogP) is 2.25. The van der Waals surface area contributed by atoms with E-state index < -0.39 is 5.60 Å². The van der Waals surface area contributed by atoms with Gasteiger partial charge < -0.3 is 10.0 Å². The largest absolute Gasteiger partial charge is 0.384 e. The highest BCUT2D eigenvalue weighted by Crippen LogP contribution is 2.34. The topological polar surface area (TPSA) is 23.5 Å². The van der Waals surface area contributed by atoms with Gasteiger partial charge in [0.1, 0.15) is 5.60 Å². The minimum Gasteiger partial charge on any atom is -0.384 e. The van der Waals surface area contributed by atoms with E-state index in [1.807, 2.05) is 31.3 Å². The molecule has 3 heteroatoms. The summed E-state index contributed by atoms with van der Waals surface area (Å²) in [5.74, 6) is 0. The second kappa shape index (κ2) is 4.12. The highest BCUT2D eigenvalue weighted by Gasteiger charge is 2.34. The Morgan fingerprint density at radius 3 is 2.80 bits per heavy atom. The van der Waals surface area contributed by atoms with Crippen LogP contribution in [0.5, 0.6) is 0 Å². The molecule has 1 aliphatic rings. The lowest BCUT2D eigenvalue weighted by molar-refractivity contribution is -0.0276. The molecule has 1 N–H and O–H groups in total. The van der Waals surface area contributed by atoms with Gasteiger partial charge in [-0.15, -0.1) is 0 Å². The first-order valence-electron chi connectivity index (χ1n) is 5.28. The lowest BCUT2D eigenvalue weighted by Gasteiger charge is -2.38. The quantitative estimate of drug-likeness (QED) is 0.793. The first-order chi connectivity index (χ1) is 7.12. The van der Waals surface area contributed by atoms with Crippen LogP contribution in [0.4, 0.5) is 0 Å². The lowest BCUT2D eigenvalue weighted by Crippen LogP contribution is -2.44. The molecule has 1 atom stereocenters. The number of aliphatic hydroxyl groups is 1. The third-order valence-corrected chi connectivity index (χ3v) is 3.37. The maximum atomic E-state index is 10.6. The summed E-state index contributed by atoms with van der Waals surface area (Å²) in [5.41, 5.74) is 0.0870. The molecule has 0 aliphatic carbocycles. The number of hydrogen-bond acceptors (Lipinski definition) is 2. The fourth-order valence-corrected chi connectivity index (χ4v) is 2.62. The molecule has 0 saturated carbocycles. The Morgan fingerprint density at radius 1 is 1.40 bits per heavy atom. The zero-order chi connectivity index (χ0) is 10.9. The zero-order valence-electron chi connectivity index (χ0n) is 8.91. The van der Waals surface area contributed by atoms with Crippen LogP contribution in [0, 0.1) is 0 Å². The van der Waals surface area contributed by atoms with Gasteiger partial charge in [0.15, 0.2) is 0 Å². The molecule has 0 radical (unpaired) electrons. The predicted molar refractivity (Wildman–Crippen MR) is 62.1 cm³/mol. The van der Waals surface area contributed by atoms with E-state index in [-0.39, 0.29) is 0 Å². The summed E-state index contributed by atoms with van der Waals surface area (Å²) >= 11 is 6.12. The molecule has 1 unspecified atom stereocenters. The molecule has 15 heavy (non-hydrogen) atoms. The number of β-amino-alcohol motifs (C(OH)–C–C–N with tert-alkyl or cyclic N) is 1. The van der Waals surface area contributed by atoms with Gasteiger partial charge >= 0.3 is 0 Å². The minimum absolute atomic E-state index is 0.662. The SMILES string of the molecule is CN1CCCC(O)(c2ccccc2Cl)C1. The summed E-state index contributed by atoms with van der Waals surface area (Å²) in [6, 6.07) is 7.57. The van der Waals surface area contributed by atoms with Crippen molar-refractivity contribution in [3.63, 3.8) is 0 Å². The molecule has 0 bridgehead atoms. The average molecular weight is 226 g/mol. The number of piperidine rings is 1. The Bertz CT molecular complexity index is 355. The second-order valence-corrected chi connectivity index (χ2v) is 4.76. The van der Waals surface area contributed by atoms with Gasteiger partial charge in [0.25, 0.3) is 0 Å². The summed E-state index contributed by atoms with van der Waals surface area (Å²) < 4.78 is 0. The van der Waals surface area contributed by atoms with E-state index in [1.54, 1.807) is 0 Å². The number of nitrogens with zero attached hydrogens (tertiary/aromatic N) is 1. The van der Waals surface area contributed by atoms with Crippen LogP contribution in [0.1, 0.15) is 18.4 Å². The summed E-state index contributed by atoms with van der Waals surface area (Å²) in [6.45, 7) is 1.71.